The highest BCUT2D eigenvalue weighted by Gasteiger charge is 2.31. The number of aromatic hydroxyl groups is 1. The van der Waals surface area contributed by atoms with Gasteiger partial charge in [0.2, 0.25) is 0 Å². The highest BCUT2D eigenvalue weighted by atomic mass is 35.5. The first-order chi connectivity index (χ1) is 11.1. The molecule has 0 aliphatic carbocycles. The maximum atomic E-state index is 12.5. The number of nitrogens with one attached hydrogen (secondary N) is 1. The molecule has 0 saturated carbocycles. The first-order valence-corrected chi connectivity index (χ1v) is 7.77. The largest absolute Gasteiger partial charge is 0.502 e. The van der Waals surface area contributed by atoms with Gasteiger partial charge in [0, 0.05) is 56.9 Å². The van der Waals surface area contributed by atoms with Crippen molar-refractivity contribution in [2.75, 3.05) is 39.3 Å². The molecule has 2 heterocycles. The lowest BCUT2D eigenvalue weighted by Crippen LogP contribution is -2.49. The number of phenols is 1. The molecule has 132 valence electrons. The van der Waals surface area contributed by atoms with Crippen molar-refractivity contribution >= 4 is 24.0 Å². The molecule has 1 aromatic rings. The standard InChI is InChI=1S/C15H20N4O4.ClH/c20-14-9-11(1-2-13(14)19(22)23)15(21)18-6-3-12(10-18)17-7-4-16-5-8-17;/h1-2,9,12,16,20H,3-8,10H2;1H. The van der Waals surface area contributed by atoms with Crippen molar-refractivity contribution in [1.82, 2.24) is 15.1 Å². The fourth-order valence-corrected chi connectivity index (χ4v) is 3.27. The van der Waals surface area contributed by atoms with Gasteiger partial charge in [0.25, 0.3) is 5.91 Å². The molecule has 8 nitrogen and oxygen atoms in total. The van der Waals surface area contributed by atoms with Crippen LogP contribution in [0.25, 0.3) is 0 Å². The number of nitrogens with zero attached hydrogens (tertiary/aromatic N) is 3. The van der Waals surface area contributed by atoms with Crippen LogP contribution in [-0.2, 0) is 0 Å². The van der Waals surface area contributed by atoms with E-state index in [1.54, 1.807) is 4.90 Å². The molecule has 0 aromatic heterocycles. The van der Waals surface area contributed by atoms with E-state index in [1.165, 1.54) is 18.2 Å². The Balaban J connectivity index is 0.00000208. The molecule has 1 unspecified atom stereocenters. The average Bonchev–Trinajstić information content (AvgIpc) is 3.04. The Bertz CT molecular complexity index is 621. The lowest BCUT2D eigenvalue weighted by molar-refractivity contribution is -0.385. The average molecular weight is 357 g/mol. The Hall–Kier alpha value is -1.90. The van der Waals surface area contributed by atoms with Gasteiger partial charge in [-0.3, -0.25) is 19.8 Å². The Morgan fingerprint density at radius 1 is 1.29 bits per heavy atom. The number of nitro benzene ring substituents is 1. The molecule has 2 saturated heterocycles. The number of carbonyl (C=O) groups excluding carboxylic acids is 1. The van der Waals surface area contributed by atoms with E-state index in [0.717, 1.165) is 32.6 Å². The van der Waals surface area contributed by atoms with Crippen LogP contribution in [0.4, 0.5) is 5.69 Å². The Labute approximate surface area is 146 Å². The van der Waals surface area contributed by atoms with Gasteiger partial charge in [-0.15, -0.1) is 12.4 Å². The number of hydrogen-bond donors (Lipinski definition) is 2. The van der Waals surface area contributed by atoms with Crippen molar-refractivity contribution in [2.24, 2.45) is 0 Å². The number of nitro groups is 1. The van der Waals surface area contributed by atoms with Crippen LogP contribution in [0.1, 0.15) is 16.8 Å². The third kappa shape index (κ3) is 3.77. The van der Waals surface area contributed by atoms with Crippen molar-refractivity contribution in [3.05, 3.63) is 33.9 Å². The zero-order valence-corrected chi connectivity index (χ0v) is 14.0. The fourth-order valence-electron chi connectivity index (χ4n) is 3.27. The van der Waals surface area contributed by atoms with Crippen molar-refractivity contribution in [2.45, 2.75) is 12.5 Å². The first kappa shape index (κ1) is 18.4. The van der Waals surface area contributed by atoms with Crippen LogP contribution >= 0.6 is 12.4 Å². The van der Waals surface area contributed by atoms with Gasteiger partial charge in [0.1, 0.15) is 0 Å². The first-order valence-electron chi connectivity index (χ1n) is 7.77. The summed E-state index contributed by atoms with van der Waals surface area (Å²) >= 11 is 0. The Morgan fingerprint density at radius 3 is 2.62 bits per heavy atom. The smallest absolute Gasteiger partial charge is 0.310 e. The number of phenolic OH excluding ortho intramolecular Hbond substituents is 1. The van der Waals surface area contributed by atoms with Gasteiger partial charge in [-0.2, -0.15) is 0 Å². The zero-order chi connectivity index (χ0) is 16.4. The quantitative estimate of drug-likeness (QED) is 0.615. The second kappa shape index (κ2) is 7.78. The number of likely N-dealkylation sites (tertiary alicyclic amines) is 1. The highest BCUT2D eigenvalue weighted by molar-refractivity contribution is 5.95. The molecule has 2 aliphatic heterocycles. The van der Waals surface area contributed by atoms with Gasteiger partial charge in [-0.1, -0.05) is 0 Å². The maximum Gasteiger partial charge on any atom is 0.310 e. The van der Waals surface area contributed by atoms with E-state index in [2.05, 4.69) is 10.2 Å². The van der Waals surface area contributed by atoms with E-state index in [0.29, 0.717) is 19.1 Å². The van der Waals surface area contributed by atoms with Crippen LogP contribution in [-0.4, -0.2) is 71.0 Å². The van der Waals surface area contributed by atoms with Crippen LogP contribution in [0.3, 0.4) is 0 Å². The summed E-state index contributed by atoms with van der Waals surface area (Å²) < 4.78 is 0. The summed E-state index contributed by atoms with van der Waals surface area (Å²) in [6, 6.07) is 4.12. The topological polar surface area (TPSA) is 98.9 Å². The number of rotatable bonds is 3. The predicted molar refractivity (Wildman–Crippen MR) is 90.8 cm³/mol. The Morgan fingerprint density at radius 2 is 2.00 bits per heavy atom. The fraction of sp³-hybridized carbons (Fsp3) is 0.533. The van der Waals surface area contributed by atoms with Crippen molar-refractivity contribution in [3.8, 4) is 5.75 Å². The van der Waals surface area contributed by atoms with Gasteiger partial charge in [-0.25, -0.2) is 0 Å². The number of carbonyl (C=O) groups is 1. The van der Waals surface area contributed by atoms with E-state index in [4.69, 9.17) is 0 Å². The van der Waals surface area contributed by atoms with Gasteiger partial charge in [0.05, 0.1) is 4.92 Å². The summed E-state index contributed by atoms with van der Waals surface area (Å²) in [6.07, 6.45) is 0.935. The maximum absolute atomic E-state index is 12.5. The van der Waals surface area contributed by atoms with Gasteiger partial charge >= 0.3 is 5.69 Å². The highest BCUT2D eigenvalue weighted by Crippen LogP contribution is 2.27. The molecule has 0 bridgehead atoms. The minimum absolute atomic E-state index is 0. The minimum atomic E-state index is -0.667. The van der Waals surface area contributed by atoms with E-state index in [-0.39, 0.29) is 29.6 Å². The zero-order valence-electron chi connectivity index (χ0n) is 13.2. The third-order valence-corrected chi connectivity index (χ3v) is 4.54. The van der Waals surface area contributed by atoms with E-state index in [1.807, 2.05) is 0 Å². The van der Waals surface area contributed by atoms with Crippen molar-refractivity contribution < 1.29 is 14.8 Å². The normalized spacial score (nSPS) is 21.3. The number of amides is 1. The lowest BCUT2D eigenvalue weighted by Gasteiger charge is -2.32. The summed E-state index contributed by atoms with van der Waals surface area (Å²) in [4.78, 5) is 26.7. The van der Waals surface area contributed by atoms with Crippen LogP contribution in [0.5, 0.6) is 5.75 Å². The van der Waals surface area contributed by atoms with Crippen LogP contribution in [0, 0.1) is 10.1 Å². The molecule has 1 aromatic carbocycles. The van der Waals surface area contributed by atoms with Crippen molar-refractivity contribution in [3.63, 3.8) is 0 Å². The molecule has 3 rings (SSSR count). The van der Waals surface area contributed by atoms with Gasteiger partial charge in [0.15, 0.2) is 5.75 Å². The second-order valence-electron chi connectivity index (χ2n) is 5.94. The molecule has 1 amide bonds. The number of benzene rings is 1. The summed E-state index contributed by atoms with van der Waals surface area (Å²) in [7, 11) is 0. The number of piperazine rings is 1. The minimum Gasteiger partial charge on any atom is -0.502 e. The monoisotopic (exact) mass is 356 g/mol. The summed E-state index contributed by atoms with van der Waals surface area (Å²) in [5.41, 5.74) is -0.101. The van der Waals surface area contributed by atoms with Crippen LogP contribution in [0.2, 0.25) is 0 Å². The number of hydrogen-bond acceptors (Lipinski definition) is 6. The van der Waals surface area contributed by atoms with E-state index < -0.39 is 10.7 Å². The molecule has 9 heteroatoms. The van der Waals surface area contributed by atoms with Crippen molar-refractivity contribution in [1.29, 1.82) is 0 Å². The SMILES string of the molecule is Cl.O=C(c1ccc([N+](=O)[O-])c(O)c1)N1CCC(N2CCNCC2)C1. The van der Waals surface area contributed by atoms with Gasteiger partial charge < -0.3 is 15.3 Å². The van der Waals surface area contributed by atoms with E-state index >= 15 is 0 Å². The predicted octanol–water partition coefficient (Wildman–Crippen LogP) is 0.842. The molecular weight excluding hydrogens is 336 g/mol. The summed E-state index contributed by atoms with van der Waals surface area (Å²) in [5, 5.41) is 23.7. The lowest BCUT2D eigenvalue weighted by atomic mass is 10.1. The molecule has 1 atom stereocenters. The van der Waals surface area contributed by atoms with E-state index in [9.17, 15) is 20.0 Å². The molecule has 0 spiro atoms. The summed E-state index contributed by atoms with van der Waals surface area (Å²) in [6.45, 7) is 5.26. The molecule has 0 radical (unpaired) electrons. The summed E-state index contributed by atoms with van der Waals surface area (Å²) in [5.74, 6) is -0.661. The third-order valence-electron chi connectivity index (χ3n) is 4.54. The molecule has 24 heavy (non-hydrogen) atoms. The second-order valence-corrected chi connectivity index (χ2v) is 5.94. The molecule has 2 fully saturated rings. The Kier molecular flexibility index (Phi) is 5.98. The van der Waals surface area contributed by atoms with Crippen LogP contribution in [0.15, 0.2) is 18.2 Å². The molecule has 2 aliphatic rings. The number of halogens is 1. The molecule has 2 N–H and O–H groups in total. The molecular formula is C15H21ClN4O4. The van der Waals surface area contributed by atoms with Gasteiger partial charge in [-0.05, 0) is 18.6 Å². The van der Waals surface area contributed by atoms with Crippen LogP contribution < -0.4 is 5.32 Å².